The highest BCUT2D eigenvalue weighted by Gasteiger charge is 2.35. The Hall–Kier alpha value is -2.62. The molecule has 0 saturated carbocycles. The third-order valence-corrected chi connectivity index (χ3v) is 4.21. The maximum atomic E-state index is 11.8. The molecule has 1 saturated heterocycles. The normalized spacial score (nSPS) is 21.8. The molecule has 3 rings (SSSR count). The van der Waals surface area contributed by atoms with Crippen molar-refractivity contribution in [2.24, 2.45) is 5.92 Å². The van der Waals surface area contributed by atoms with E-state index in [1.807, 2.05) is 18.2 Å². The number of cyclic esters (lactones) is 1. The molecule has 0 bridgehead atoms. The first-order valence-electron chi connectivity index (χ1n) is 7.61. The molecule has 1 aromatic carbocycles. The summed E-state index contributed by atoms with van der Waals surface area (Å²) in [6.07, 6.45) is 4.96. The van der Waals surface area contributed by atoms with Gasteiger partial charge in [0.25, 0.3) is 0 Å². The number of rotatable bonds is 3. The van der Waals surface area contributed by atoms with Gasteiger partial charge in [-0.2, -0.15) is 0 Å². The van der Waals surface area contributed by atoms with Gasteiger partial charge in [0.2, 0.25) is 0 Å². The molecular formula is C19H18O4. The number of benzene rings is 1. The number of carboxylic acid groups (broad SMARTS) is 1. The van der Waals surface area contributed by atoms with E-state index in [2.05, 4.69) is 26.0 Å². The SMILES string of the molecule is CC(C)c1ccc(/C=C2/C=C(C(=O)O)C=C3C(=O)OCC32)cc1. The van der Waals surface area contributed by atoms with Gasteiger partial charge in [0, 0.05) is 5.57 Å². The third kappa shape index (κ3) is 2.97. The van der Waals surface area contributed by atoms with Gasteiger partial charge in [-0.15, -0.1) is 0 Å². The molecule has 1 fully saturated rings. The lowest BCUT2D eigenvalue weighted by Crippen LogP contribution is -2.14. The molecule has 0 aromatic heterocycles. The summed E-state index contributed by atoms with van der Waals surface area (Å²) in [5, 5.41) is 9.23. The molecular weight excluding hydrogens is 292 g/mol. The van der Waals surface area contributed by atoms with Crippen LogP contribution in [0, 0.1) is 5.92 Å². The van der Waals surface area contributed by atoms with Gasteiger partial charge in [0.15, 0.2) is 0 Å². The molecule has 1 heterocycles. The summed E-state index contributed by atoms with van der Waals surface area (Å²) in [5.41, 5.74) is 3.56. The van der Waals surface area contributed by atoms with Crippen LogP contribution in [0.4, 0.5) is 0 Å². The van der Waals surface area contributed by atoms with Gasteiger partial charge in [-0.05, 0) is 34.8 Å². The van der Waals surface area contributed by atoms with Crippen molar-refractivity contribution in [2.45, 2.75) is 19.8 Å². The number of carboxylic acids is 1. The molecule has 23 heavy (non-hydrogen) atoms. The van der Waals surface area contributed by atoms with E-state index < -0.39 is 11.9 Å². The molecule has 4 heteroatoms. The summed E-state index contributed by atoms with van der Waals surface area (Å²) in [7, 11) is 0. The van der Waals surface area contributed by atoms with Crippen molar-refractivity contribution in [3.8, 4) is 0 Å². The molecule has 1 aromatic rings. The van der Waals surface area contributed by atoms with Gasteiger partial charge in [-0.25, -0.2) is 9.59 Å². The number of carbonyl (C=O) groups excluding carboxylic acids is 1. The summed E-state index contributed by atoms with van der Waals surface area (Å²) >= 11 is 0. The molecule has 1 aliphatic carbocycles. The van der Waals surface area contributed by atoms with E-state index in [-0.39, 0.29) is 18.1 Å². The van der Waals surface area contributed by atoms with E-state index in [0.717, 1.165) is 11.1 Å². The fraction of sp³-hybridized carbons (Fsp3) is 0.263. The van der Waals surface area contributed by atoms with Gasteiger partial charge in [0.05, 0.1) is 11.5 Å². The quantitative estimate of drug-likeness (QED) is 0.870. The van der Waals surface area contributed by atoms with Crippen LogP contribution in [0.25, 0.3) is 6.08 Å². The van der Waals surface area contributed by atoms with Crippen LogP contribution in [-0.2, 0) is 14.3 Å². The monoisotopic (exact) mass is 310 g/mol. The van der Waals surface area contributed by atoms with Gasteiger partial charge in [-0.3, -0.25) is 0 Å². The van der Waals surface area contributed by atoms with Gasteiger partial charge in [-0.1, -0.05) is 44.2 Å². The van der Waals surface area contributed by atoms with E-state index in [0.29, 0.717) is 11.5 Å². The van der Waals surface area contributed by atoms with Crippen LogP contribution in [0.2, 0.25) is 0 Å². The highest BCUT2D eigenvalue weighted by molar-refractivity contribution is 5.99. The standard InChI is InChI=1S/C19H18O4/c1-11(2)13-5-3-12(4-6-13)7-14-8-15(18(20)21)9-16-17(14)10-23-19(16)22/h3-9,11,17H,10H2,1-2H3,(H,20,21)/b14-7-. The highest BCUT2D eigenvalue weighted by atomic mass is 16.5. The van der Waals surface area contributed by atoms with Crippen LogP contribution in [0.15, 0.2) is 53.1 Å². The summed E-state index contributed by atoms with van der Waals surface area (Å²) < 4.78 is 5.07. The maximum Gasteiger partial charge on any atom is 0.335 e. The zero-order valence-corrected chi connectivity index (χ0v) is 13.1. The van der Waals surface area contributed by atoms with Crippen molar-refractivity contribution >= 4 is 18.0 Å². The average molecular weight is 310 g/mol. The summed E-state index contributed by atoms with van der Waals surface area (Å²) in [4.78, 5) is 23.0. The van der Waals surface area contributed by atoms with Crippen LogP contribution in [0.3, 0.4) is 0 Å². The predicted octanol–water partition coefficient (Wildman–Crippen LogP) is 3.32. The Labute approximate surface area is 134 Å². The van der Waals surface area contributed by atoms with Gasteiger partial charge in [0.1, 0.15) is 6.61 Å². The van der Waals surface area contributed by atoms with Crippen LogP contribution in [-0.4, -0.2) is 23.7 Å². The van der Waals surface area contributed by atoms with E-state index in [9.17, 15) is 14.7 Å². The Bertz CT molecular complexity index is 748. The fourth-order valence-corrected chi connectivity index (χ4v) is 2.83. The minimum atomic E-state index is -1.04. The molecule has 0 radical (unpaired) electrons. The molecule has 2 aliphatic rings. The molecule has 1 atom stereocenters. The first-order valence-corrected chi connectivity index (χ1v) is 7.61. The van der Waals surface area contributed by atoms with E-state index >= 15 is 0 Å². The maximum absolute atomic E-state index is 11.8. The number of aliphatic carboxylic acids is 1. The number of ether oxygens (including phenoxy) is 1. The zero-order valence-electron chi connectivity index (χ0n) is 13.1. The largest absolute Gasteiger partial charge is 0.478 e. The van der Waals surface area contributed by atoms with E-state index in [1.54, 1.807) is 6.08 Å². The van der Waals surface area contributed by atoms with E-state index in [1.165, 1.54) is 11.6 Å². The third-order valence-electron chi connectivity index (χ3n) is 4.21. The number of hydrogen-bond donors (Lipinski definition) is 1. The number of hydrogen-bond acceptors (Lipinski definition) is 3. The predicted molar refractivity (Wildman–Crippen MR) is 86.8 cm³/mol. The van der Waals surface area contributed by atoms with Crippen molar-refractivity contribution in [1.82, 2.24) is 0 Å². The molecule has 1 N–H and O–H groups in total. The molecule has 1 aliphatic heterocycles. The number of carbonyl (C=O) groups is 2. The Morgan fingerprint density at radius 2 is 1.96 bits per heavy atom. The van der Waals surface area contributed by atoms with E-state index in [4.69, 9.17) is 4.74 Å². The second-order valence-corrected chi connectivity index (χ2v) is 6.12. The highest BCUT2D eigenvalue weighted by Crippen LogP contribution is 2.35. The lowest BCUT2D eigenvalue weighted by molar-refractivity contribution is -0.135. The molecule has 118 valence electrons. The fourth-order valence-electron chi connectivity index (χ4n) is 2.83. The van der Waals surface area contributed by atoms with Crippen molar-refractivity contribution < 1.29 is 19.4 Å². The Kier molecular flexibility index (Phi) is 3.90. The van der Waals surface area contributed by atoms with Crippen LogP contribution in [0.1, 0.15) is 30.9 Å². The second kappa shape index (κ2) is 5.88. The van der Waals surface area contributed by atoms with Crippen LogP contribution < -0.4 is 0 Å². The Balaban J connectivity index is 1.98. The molecule has 4 nitrogen and oxygen atoms in total. The number of esters is 1. The minimum absolute atomic E-state index is 0.111. The Morgan fingerprint density at radius 3 is 2.57 bits per heavy atom. The number of fused-ring (bicyclic) bond motifs is 1. The first-order chi connectivity index (χ1) is 11.0. The minimum Gasteiger partial charge on any atom is -0.478 e. The first kappa shape index (κ1) is 15.3. The average Bonchev–Trinajstić information content (AvgIpc) is 2.89. The van der Waals surface area contributed by atoms with Crippen molar-refractivity contribution in [2.75, 3.05) is 6.61 Å². The van der Waals surface area contributed by atoms with Crippen molar-refractivity contribution in [3.63, 3.8) is 0 Å². The van der Waals surface area contributed by atoms with Crippen molar-refractivity contribution in [1.29, 1.82) is 0 Å². The van der Waals surface area contributed by atoms with Crippen molar-refractivity contribution in [3.05, 3.63) is 64.3 Å². The summed E-state index contributed by atoms with van der Waals surface area (Å²) in [5.74, 6) is -1.20. The molecule has 0 amide bonds. The Morgan fingerprint density at radius 1 is 1.26 bits per heavy atom. The number of allylic oxidation sites excluding steroid dienone is 1. The summed E-state index contributed by atoms with van der Waals surface area (Å²) in [6, 6.07) is 8.14. The molecule has 1 unspecified atom stereocenters. The van der Waals surface area contributed by atoms with Gasteiger partial charge < -0.3 is 9.84 Å². The summed E-state index contributed by atoms with van der Waals surface area (Å²) in [6.45, 7) is 4.54. The second-order valence-electron chi connectivity index (χ2n) is 6.12. The van der Waals surface area contributed by atoms with Crippen LogP contribution in [0.5, 0.6) is 0 Å². The van der Waals surface area contributed by atoms with Gasteiger partial charge >= 0.3 is 11.9 Å². The smallest absolute Gasteiger partial charge is 0.335 e. The van der Waals surface area contributed by atoms with Crippen LogP contribution >= 0.6 is 0 Å². The zero-order chi connectivity index (χ0) is 16.6. The lowest BCUT2D eigenvalue weighted by Gasteiger charge is -2.16. The lowest BCUT2D eigenvalue weighted by atomic mass is 9.85. The molecule has 0 spiro atoms. The topological polar surface area (TPSA) is 63.6 Å².